The number of carbonyl (C=O) groups excluding carboxylic acids is 1. The second kappa shape index (κ2) is 6.53. The van der Waals surface area contributed by atoms with Crippen LogP contribution >= 0.6 is 11.3 Å². The minimum Gasteiger partial charge on any atom is -0.390 e. The van der Waals surface area contributed by atoms with E-state index in [9.17, 15) is 9.90 Å². The molecule has 1 fully saturated rings. The van der Waals surface area contributed by atoms with Gasteiger partial charge in [-0.25, -0.2) is 0 Å². The van der Waals surface area contributed by atoms with Crippen LogP contribution in [0.4, 0.5) is 0 Å². The number of nitrogens with zero attached hydrogens (tertiary/aromatic N) is 1. The van der Waals surface area contributed by atoms with Crippen molar-refractivity contribution in [2.45, 2.75) is 51.0 Å². The van der Waals surface area contributed by atoms with E-state index >= 15 is 0 Å². The van der Waals surface area contributed by atoms with Gasteiger partial charge in [0.15, 0.2) is 0 Å². The lowest BCUT2D eigenvalue weighted by Gasteiger charge is -2.22. The van der Waals surface area contributed by atoms with Crippen LogP contribution in [0.5, 0.6) is 0 Å². The summed E-state index contributed by atoms with van der Waals surface area (Å²) < 4.78 is 0. The first-order chi connectivity index (χ1) is 9.07. The Morgan fingerprint density at radius 1 is 1.47 bits per heavy atom. The molecule has 1 atom stereocenters. The van der Waals surface area contributed by atoms with Crippen LogP contribution < -0.4 is 0 Å². The van der Waals surface area contributed by atoms with Crippen LogP contribution in [-0.2, 0) is 11.2 Å². The highest BCUT2D eigenvalue weighted by molar-refractivity contribution is 7.09. The van der Waals surface area contributed by atoms with Crippen molar-refractivity contribution in [1.29, 1.82) is 0 Å². The Kier molecular flexibility index (Phi) is 4.99. The smallest absolute Gasteiger partial charge is 0.222 e. The topological polar surface area (TPSA) is 40.5 Å². The molecular formula is C15H23NO2S. The van der Waals surface area contributed by atoms with E-state index in [1.54, 1.807) is 11.3 Å². The van der Waals surface area contributed by atoms with Crippen LogP contribution in [0.1, 0.15) is 43.9 Å². The molecule has 19 heavy (non-hydrogen) atoms. The van der Waals surface area contributed by atoms with Gasteiger partial charge < -0.3 is 10.0 Å². The van der Waals surface area contributed by atoms with Crippen LogP contribution in [0.25, 0.3) is 0 Å². The van der Waals surface area contributed by atoms with Gasteiger partial charge >= 0.3 is 0 Å². The molecule has 0 aliphatic carbocycles. The number of hydrogen-bond acceptors (Lipinski definition) is 3. The Morgan fingerprint density at radius 2 is 2.32 bits per heavy atom. The van der Waals surface area contributed by atoms with E-state index in [0.717, 1.165) is 32.2 Å². The number of rotatable bonds is 4. The molecule has 4 heteroatoms. The van der Waals surface area contributed by atoms with Gasteiger partial charge in [-0.1, -0.05) is 6.07 Å². The number of amides is 1. The summed E-state index contributed by atoms with van der Waals surface area (Å²) in [6, 6.07) is 4.18. The SMILES string of the molecule is CC1(O)CCCN(C(=O)CCCc2cccs2)CC1. The Balaban J connectivity index is 1.73. The van der Waals surface area contributed by atoms with Gasteiger partial charge in [0, 0.05) is 24.4 Å². The quantitative estimate of drug-likeness (QED) is 0.922. The molecule has 1 aromatic rings. The van der Waals surface area contributed by atoms with E-state index in [2.05, 4.69) is 17.5 Å². The molecule has 0 spiro atoms. The molecule has 0 aromatic carbocycles. The van der Waals surface area contributed by atoms with Crippen molar-refractivity contribution in [2.24, 2.45) is 0 Å². The summed E-state index contributed by atoms with van der Waals surface area (Å²) >= 11 is 1.76. The summed E-state index contributed by atoms with van der Waals surface area (Å²) in [4.78, 5) is 15.4. The van der Waals surface area contributed by atoms with Gasteiger partial charge in [0.1, 0.15) is 0 Å². The first kappa shape index (κ1) is 14.5. The van der Waals surface area contributed by atoms with Gasteiger partial charge in [0.25, 0.3) is 0 Å². The maximum atomic E-state index is 12.1. The molecule has 0 saturated carbocycles. The molecule has 1 N–H and O–H groups in total. The van der Waals surface area contributed by atoms with Gasteiger partial charge in [-0.3, -0.25) is 4.79 Å². The van der Waals surface area contributed by atoms with Crippen molar-refractivity contribution < 1.29 is 9.90 Å². The lowest BCUT2D eigenvalue weighted by atomic mass is 9.98. The number of hydrogen-bond donors (Lipinski definition) is 1. The van der Waals surface area contributed by atoms with Gasteiger partial charge in [-0.05, 0) is 50.5 Å². The average molecular weight is 281 g/mol. The fourth-order valence-corrected chi connectivity index (χ4v) is 3.29. The molecule has 1 amide bonds. The Hall–Kier alpha value is -0.870. The van der Waals surface area contributed by atoms with Crippen molar-refractivity contribution in [1.82, 2.24) is 4.90 Å². The number of aliphatic hydroxyl groups is 1. The van der Waals surface area contributed by atoms with E-state index in [-0.39, 0.29) is 5.91 Å². The van der Waals surface area contributed by atoms with Crippen LogP contribution in [-0.4, -0.2) is 34.6 Å². The highest BCUT2D eigenvalue weighted by Crippen LogP contribution is 2.22. The molecule has 106 valence electrons. The summed E-state index contributed by atoms with van der Waals surface area (Å²) in [7, 11) is 0. The van der Waals surface area contributed by atoms with E-state index < -0.39 is 5.60 Å². The predicted octanol–water partition coefficient (Wildman–Crippen LogP) is 2.83. The second-order valence-electron chi connectivity index (χ2n) is 5.66. The van der Waals surface area contributed by atoms with Crippen molar-refractivity contribution in [3.63, 3.8) is 0 Å². The number of carbonyl (C=O) groups is 1. The third-order valence-electron chi connectivity index (χ3n) is 3.81. The maximum absolute atomic E-state index is 12.1. The van der Waals surface area contributed by atoms with Gasteiger partial charge in [0.2, 0.25) is 5.91 Å². The normalized spacial score (nSPS) is 24.2. The third-order valence-corrected chi connectivity index (χ3v) is 4.75. The molecule has 1 unspecified atom stereocenters. The average Bonchev–Trinajstić information content (AvgIpc) is 2.79. The minimum absolute atomic E-state index is 0.245. The van der Waals surface area contributed by atoms with E-state index in [4.69, 9.17) is 0 Å². The van der Waals surface area contributed by atoms with Crippen LogP contribution in [0.15, 0.2) is 17.5 Å². The van der Waals surface area contributed by atoms with Crippen LogP contribution in [0.3, 0.4) is 0 Å². The molecule has 2 rings (SSSR count). The Morgan fingerprint density at radius 3 is 3.05 bits per heavy atom. The fourth-order valence-electron chi connectivity index (χ4n) is 2.54. The molecule has 3 nitrogen and oxygen atoms in total. The van der Waals surface area contributed by atoms with Crippen LogP contribution in [0, 0.1) is 0 Å². The molecule has 0 radical (unpaired) electrons. The second-order valence-corrected chi connectivity index (χ2v) is 6.70. The van der Waals surface area contributed by atoms with E-state index in [1.165, 1.54) is 4.88 Å². The molecule has 1 aromatic heterocycles. The summed E-state index contributed by atoms with van der Waals surface area (Å²) in [5.74, 6) is 0.245. The summed E-state index contributed by atoms with van der Waals surface area (Å²) in [5, 5.41) is 12.1. The number of thiophene rings is 1. The number of likely N-dealkylation sites (tertiary alicyclic amines) is 1. The third kappa shape index (κ3) is 4.62. The highest BCUT2D eigenvalue weighted by atomic mass is 32.1. The van der Waals surface area contributed by atoms with E-state index in [0.29, 0.717) is 19.4 Å². The zero-order chi connectivity index (χ0) is 13.7. The molecule has 1 aliphatic rings. The zero-order valence-corrected chi connectivity index (χ0v) is 12.4. The van der Waals surface area contributed by atoms with Crippen LogP contribution in [0.2, 0.25) is 0 Å². The molecule has 1 aliphatic heterocycles. The molecule has 0 bridgehead atoms. The molecule has 2 heterocycles. The van der Waals surface area contributed by atoms with Crippen molar-refractivity contribution in [2.75, 3.05) is 13.1 Å². The monoisotopic (exact) mass is 281 g/mol. The van der Waals surface area contributed by atoms with E-state index in [1.807, 2.05) is 11.8 Å². The van der Waals surface area contributed by atoms with Gasteiger partial charge in [0.05, 0.1) is 5.60 Å². The first-order valence-corrected chi connectivity index (χ1v) is 7.97. The first-order valence-electron chi connectivity index (χ1n) is 7.09. The lowest BCUT2D eigenvalue weighted by molar-refractivity contribution is -0.131. The maximum Gasteiger partial charge on any atom is 0.222 e. The lowest BCUT2D eigenvalue weighted by Crippen LogP contribution is -2.33. The minimum atomic E-state index is -0.591. The van der Waals surface area contributed by atoms with Crippen molar-refractivity contribution in [3.8, 4) is 0 Å². The van der Waals surface area contributed by atoms with Gasteiger partial charge in [-0.15, -0.1) is 11.3 Å². The summed E-state index contributed by atoms with van der Waals surface area (Å²) in [5.41, 5.74) is -0.591. The van der Waals surface area contributed by atoms with Crippen molar-refractivity contribution >= 4 is 17.2 Å². The standard InChI is InChI=1S/C15H23NO2S/c1-15(18)8-4-10-16(11-9-15)14(17)7-2-5-13-6-3-12-19-13/h3,6,12,18H,2,4-5,7-11H2,1H3. The zero-order valence-electron chi connectivity index (χ0n) is 11.6. The highest BCUT2D eigenvalue weighted by Gasteiger charge is 2.26. The molecule has 1 saturated heterocycles. The Bertz CT molecular complexity index is 400. The number of aryl methyl sites for hydroxylation is 1. The Labute approximate surface area is 119 Å². The summed E-state index contributed by atoms with van der Waals surface area (Å²) in [6.45, 7) is 3.37. The predicted molar refractivity (Wildman–Crippen MR) is 78.3 cm³/mol. The summed E-state index contributed by atoms with van der Waals surface area (Å²) in [6.07, 6.45) is 4.94. The van der Waals surface area contributed by atoms with Crippen molar-refractivity contribution in [3.05, 3.63) is 22.4 Å². The largest absolute Gasteiger partial charge is 0.390 e. The molecular weight excluding hydrogens is 258 g/mol. The fraction of sp³-hybridized carbons (Fsp3) is 0.667. The van der Waals surface area contributed by atoms with Gasteiger partial charge in [-0.2, -0.15) is 0 Å².